The van der Waals surface area contributed by atoms with E-state index in [0.29, 0.717) is 52.6 Å². The number of esters is 1. The number of imide groups is 1. The molecule has 0 aliphatic carbocycles. The van der Waals surface area contributed by atoms with Crippen molar-refractivity contribution >= 4 is 35.5 Å². The van der Waals surface area contributed by atoms with Gasteiger partial charge in [-0.3, -0.25) is 19.3 Å². The lowest BCUT2D eigenvalue weighted by molar-refractivity contribution is -0.179. The van der Waals surface area contributed by atoms with Crippen LogP contribution < -0.4 is 19.9 Å². The highest BCUT2D eigenvalue weighted by Gasteiger charge is 2.76. The van der Waals surface area contributed by atoms with Crippen LogP contribution in [0, 0.1) is 17.8 Å². The van der Waals surface area contributed by atoms with Gasteiger partial charge in [-0.05, 0) is 95.4 Å². The van der Waals surface area contributed by atoms with E-state index in [1.54, 1.807) is 60.8 Å². The van der Waals surface area contributed by atoms with E-state index in [1.165, 1.54) is 12.1 Å². The third-order valence-electron chi connectivity index (χ3n) is 14.6. The number of fused-ring (bicyclic) bond motifs is 3. The lowest BCUT2D eigenvalue weighted by Crippen LogP contribution is -2.59. The number of aromatic nitrogens is 2. The number of nitrogens with one attached hydrogen (secondary N) is 1. The number of anilines is 2. The number of nitrogens with zero attached hydrogens (tertiary/aromatic N) is 6. The van der Waals surface area contributed by atoms with Crippen molar-refractivity contribution in [1.29, 1.82) is 0 Å². The van der Waals surface area contributed by atoms with Crippen LogP contribution in [0.25, 0.3) is 0 Å². The molecular formula is C59H51N7O7. The second-order valence-electron chi connectivity index (χ2n) is 18.7. The number of amides is 4. The number of carbonyl (C=O) groups excluding carboxylic acids is 4. The van der Waals surface area contributed by atoms with E-state index >= 15 is 19.2 Å². The van der Waals surface area contributed by atoms with Gasteiger partial charge in [-0.2, -0.15) is 0 Å². The maximum Gasteiger partial charge on any atom is 0.329 e. The number of methoxy groups -OCH3 is 1. The van der Waals surface area contributed by atoms with Gasteiger partial charge in [0.25, 0.3) is 0 Å². The van der Waals surface area contributed by atoms with Crippen molar-refractivity contribution in [3.8, 4) is 23.3 Å². The molecule has 11 rings (SSSR count). The zero-order chi connectivity index (χ0) is 50.2. The highest BCUT2D eigenvalue weighted by molar-refractivity contribution is 6.24. The first kappa shape index (κ1) is 46.6. The van der Waals surface area contributed by atoms with E-state index < -0.39 is 65.4 Å². The van der Waals surface area contributed by atoms with Crippen LogP contribution in [0.1, 0.15) is 70.1 Å². The molecule has 3 fully saturated rings. The summed E-state index contributed by atoms with van der Waals surface area (Å²) >= 11 is 0. The number of phenolic OH excluding ortho intramolecular Hbond substituents is 1. The molecular weight excluding hydrogens is 919 g/mol. The Morgan fingerprint density at radius 3 is 2.00 bits per heavy atom. The number of carbonyl (C=O) groups is 4. The lowest BCUT2D eigenvalue weighted by Gasteiger charge is -2.46. The number of piperazine rings is 1. The van der Waals surface area contributed by atoms with Gasteiger partial charge in [0.15, 0.2) is 0 Å². The van der Waals surface area contributed by atoms with Crippen molar-refractivity contribution in [3.63, 3.8) is 0 Å². The Hall–Kier alpha value is -8.80. The quantitative estimate of drug-likeness (QED) is 0.112. The van der Waals surface area contributed by atoms with Crippen LogP contribution in [-0.4, -0.2) is 88.0 Å². The number of morpholine rings is 1. The van der Waals surface area contributed by atoms with Gasteiger partial charge in [0.05, 0.1) is 36.8 Å². The fourth-order valence-corrected chi connectivity index (χ4v) is 11.3. The summed E-state index contributed by atoms with van der Waals surface area (Å²) in [5.41, 5.74) is 2.62. The first-order valence-electron chi connectivity index (χ1n) is 24.3. The number of rotatable bonds is 8. The fraction of sp³-hybridized carbons (Fsp3) is 0.220. The van der Waals surface area contributed by atoms with Gasteiger partial charge in [-0.15, -0.1) is 0 Å². The Kier molecular flexibility index (Phi) is 12.4. The third kappa shape index (κ3) is 8.27. The van der Waals surface area contributed by atoms with Crippen molar-refractivity contribution < 1.29 is 33.8 Å². The number of ether oxygens (including phenoxy) is 2. The van der Waals surface area contributed by atoms with Gasteiger partial charge in [0, 0.05) is 49.7 Å². The zero-order valence-corrected chi connectivity index (χ0v) is 40.1. The molecule has 5 heterocycles. The number of hydrogen-bond acceptors (Lipinski definition) is 11. The first-order chi connectivity index (χ1) is 35.6. The largest absolute Gasteiger partial charge is 0.508 e. The minimum absolute atomic E-state index is 0.0230. The van der Waals surface area contributed by atoms with E-state index in [9.17, 15) is 5.11 Å². The molecule has 6 aromatic carbocycles. The summed E-state index contributed by atoms with van der Waals surface area (Å²) in [7, 11) is 1.59. The van der Waals surface area contributed by atoms with Crippen LogP contribution in [0.3, 0.4) is 0 Å². The average Bonchev–Trinajstić information content (AvgIpc) is 3.90. The van der Waals surface area contributed by atoms with E-state index in [1.807, 2.05) is 132 Å². The van der Waals surface area contributed by atoms with Crippen LogP contribution >= 0.6 is 0 Å². The number of benzene rings is 6. The third-order valence-corrected chi connectivity index (χ3v) is 14.6. The standard InChI is InChI=1S/C59H51N7O7/c1-38(41-13-6-3-7-14-41)62-58(71)65-48-30-23-40(20-19-39-21-28-46(72-2)29-22-39)37-47(48)59(56(65)70)49(54(68)63-33-35-64(36-34-63)57-60-31-12-32-61-57)51-55(69)73-52(43-17-10-5-11-18-43)50(42-15-8-4-9-16-42)66(51)53(59)44-24-26-45(67)27-25-44/h3-18,21-32,37-38,49-53,67H,33-36H2,1-2H3,(H,62,71)/t38-,49+,50+,51+,52-,53-,59+/m1/s1. The summed E-state index contributed by atoms with van der Waals surface area (Å²) in [5, 5.41) is 14.0. The van der Waals surface area contributed by atoms with Crippen molar-refractivity contribution in [2.45, 2.75) is 42.6 Å². The Labute approximate surface area is 422 Å². The molecule has 1 spiro atoms. The number of urea groups is 1. The summed E-state index contributed by atoms with van der Waals surface area (Å²) in [6.45, 7) is 3.03. The van der Waals surface area contributed by atoms with Gasteiger partial charge in [-0.1, -0.05) is 115 Å². The molecule has 73 heavy (non-hydrogen) atoms. The molecule has 364 valence electrons. The Morgan fingerprint density at radius 1 is 0.726 bits per heavy atom. The predicted molar refractivity (Wildman–Crippen MR) is 273 cm³/mol. The predicted octanol–water partition coefficient (Wildman–Crippen LogP) is 8.08. The van der Waals surface area contributed by atoms with E-state index in [-0.39, 0.29) is 24.5 Å². The average molecular weight is 970 g/mol. The molecule has 0 unspecified atom stereocenters. The highest BCUT2D eigenvalue weighted by Crippen LogP contribution is 2.66. The molecule has 7 aromatic rings. The van der Waals surface area contributed by atoms with E-state index in [4.69, 9.17) is 9.47 Å². The molecule has 0 saturated carbocycles. The second-order valence-corrected chi connectivity index (χ2v) is 18.7. The van der Waals surface area contributed by atoms with Gasteiger partial charge in [0.1, 0.15) is 29.1 Å². The molecule has 14 heteroatoms. The van der Waals surface area contributed by atoms with Crippen LogP contribution in [0.4, 0.5) is 16.4 Å². The molecule has 4 aliphatic rings. The van der Waals surface area contributed by atoms with Crippen LogP contribution in [0.2, 0.25) is 0 Å². The van der Waals surface area contributed by atoms with Gasteiger partial charge < -0.3 is 29.7 Å². The minimum atomic E-state index is -2.00. The Balaban J connectivity index is 1.16. The molecule has 0 bridgehead atoms. The molecule has 2 N–H and O–H groups in total. The van der Waals surface area contributed by atoms with Crippen LogP contribution in [-0.2, 0) is 24.5 Å². The normalized spacial score (nSPS) is 22.7. The summed E-state index contributed by atoms with van der Waals surface area (Å²) in [5.74, 6) is 4.40. The second kappa shape index (κ2) is 19.4. The first-order valence-corrected chi connectivity index (χ1v) is 24.3. The molecule has 4 aliphatic heterocycles. The summed E-state index contributed by atoms with van der Waals surface area (Å²) < 4.78 is 12.1. The summed E-state index contributed by atoms with van der Waals surface area (Å²) in [6.07, 6.45) is 2.43. The number of hydrogen-bond donors (Lipinski definition) is 2. The maximum atomic E-state index is 16.8. The molecule has 7 atom stereocenters. The molecule has 14 nitrogen and oxygen atoms in total. The molecule has 1 aromatic heterocycles. The van der Waals surface area contributed by atoms with Crippen molar-refractivity contribution in [1.82, 2.24) is 25.1 Å². The Morgan fingerprint density at radius 2 is 1.34 bits per heavy atom. The number of cyclic esters (lactones) is 1. The summed E-state index contributed by atoms with van der Waals surface area (Å²) in [6, 6.07) is 44.9. The maximum absolute atomic E-state index is 16.8. The summed E-state index contributed by atoms with van der Waals surface area (Å²) in [4.78, 5) is 79.8. The monoisotopic (exact) mass is 969 g/mol. The van der Waals surface area contributed by atoms with Gasteiger partial charge in [-0.25, -0.2) is 19.7 Å². The van der Waals surface area contributed by atoms with E-state index in [0.717, 1.165) is 16.0 Å². The van der Waals surface area contributed by atoms with Crippen molar-refractivity contribution in [2.75, 3.05) is 43.1 Å². The SMILES string of the molecule is COc1ccc(C#Cc2ccc3c(c2)[C@]2(C(=O)N3C(=O)N[C@H](C)c3ccccc3)[C@H](C(=O)N3CCN(c4ncccn4)CC3)[C@H]3C(=O)O[C@H](c4ccccc4)[C@H](c4ccccc4)N3[C@@H]2c2ccc(O)cc2)cc1. The smallest absolute Gasteiger partial charge is 0.329 e. The lowest BCUT2D eigenvalue weighted by atomic mass is 9.64. The molecule has 0 radical (unpaired) electrons. The van der Waals surface area contributed by atoms with Crippen molar-refractivity contribution in [2.24, 2.45) is 5.92 Å². The number of phenols is 1. The highest BCUT2D eigenvalue weighted by atomic mass is 16.6. The van der Waals surface area contributed by atoms with Crippen LogP contribution in [0.15, 0.2) is 176 Å². The topological polar surface area (TPSA) is 158 Å². The molecule has 4 amide bonds. The number of aromatic hydroxyl groups is 1. The minimum Gasteiger partial charge on any atom is -0.508 e. The van der Waals surface area contributed by atoms with Crippen LogP contribution in [0.5, 0.6) is 11.5 Å². The van der Waals surface area contributed by atoms with Gasteiger partial charge in [0.2, 0.25) is 17.8 Å². The molecule has 3 saturated heterocycles. The zero-order valence-electron chi connectivity index (χ0n) is 40.1. The van der Waals surface area contributed by atoms with E-state index in [2.05, 4.69) is 27.1 Å². The van der Waals surface area contributed by atoms with Gasteiger partial charge >= 0.3 is 12.0 Å². The Bertz CT molecular complexity index is 3240. The van der Waals surface area contributed by atoms with Crippen molar-refractivity contribution in [3.05, 3.63) is 215 Å². The fourth-order valence-electron chi connectivity index (χ4n) is 11.3.